The predicted octanol–water partition coefficient (Wildman–Crippen LogP) is 1.97. The van der Waals surface area contributed by atoms with Crippen molar-refractivity contribution in [3.63, 3.8) is 0 Å². The fraction of sp³-hybridized carbons (Fsp3) is 0.375. The molecule has 2 rings (SSSR count). The van der Waals surface area contributed by atoms with Crippen molar-refractivity contribution in [2.75, 3.05) is 13.6 Å². The Bertz CT molecular complexity index is 579. The number of halogens is 1. The summed E-state index contributed by atoms with van der Waals surface area (Å²) in [5.41, 5.74) is 0.925. The van der Waals surface area contributed by atoms with E-state index in [1.54, 1.807) is 32.2 Å². The van der Waals surface area contributed by atoms with Crippen molar-refractivity contribution in [2.45, 2.75) is 25.8 Å². The van der Waals surface area contributed by atoms with Gasteiger partial charge in [0.05, 0.1) is 6.54 Å². The van der Waals surface area contributed by atoms with E-state index >= 15 is 0 Å². The molecule has 112 valence electrons. The first-order chi connectivity index (χ1) is 9.97. The minimum atomic E-state index is -0.367. The van der Waals surface area contributed by atoms with E-state index in [9.17, 15) is 14.0 Å². The molecule has 0 spiro atoms. The molecule has 0 atom stereocenters. The van der Waals surface area contributed by atoms with Crippen LogP contribution in [0.15, 0.2) is 30.3 Å². The van der Waals surface area contributed by atoms with Gasteiger partial charge < -0.3 is 10.2 Å². The van der Waals surface area contributed by atoms with E-state index in [0.717, 1.165) is 12.8 Å². The average molecular weight is 290 g/mol. The van der Waals surface area contributed by atoms with E-state index in [-0.39, 0.29) is 30.2 Å². The third kappa shape index (κ3) is 4.41. The van der Waals surface area contributed by atoms with Crippen molar-refractivity contribution in [3.05, 3.63) is 41.7 Å². The van der Waals surface area contributed by atoms with Crippen LogP contribution in [0, 0.1) is 5.82 Å². The van der Waals surface area contributed by atoms with Gasteiger partial charge in [0.25, 0.3) is 0 Å². The standard InChI is InChI=1S/C16H19FN2O2/c1-11(13-5-3-4-6-14(13)17)9-16(21)19(2)10-15(20)18-12-7-8-12/h3-6,9,12H,7-8,10H2,1-2H3,(H,18,20)/b11-9-. The summed E-state index contributed by atoms with van der Waals surface area (Å²) in [5, 5.41) is 2.82. The number of carbonyl (C=O) groups is 2. The minimum Gasteiger partial charge on any atom is -0.352 e. The number of nitrogens with zero attached hydrogens (tertiary/aromatic N) is 1. The molecule has 1 aromatic rings. The van der Waals surface area contributed by atoms with Gasteiger partial charge in [-0.25, -0.2) is 4.39 Å². The molecule has 21 heavy (non-hydrogen) atoms. The zero-order valence-electron chi connectivity index (χ0n) is 12.2. The van der Waals surface area contributed by atoms with Crippen LogP contribution in [0.1, 0.15) is 25.3 Å². The quantitative estimate of drug-likeness (QED) is 0.843. The Balaban J connectivity index is 1.96. The molecule has 0 radical (unpaired) electrons. The number of rotatable bonds is 5. The van der Waals surface area contributed by atoms with Crippen LogP contribution in [0.4, 0.5) is 4.39 Å². The first-order valence-electron chi connectivity index (χ1n) is 6.95. The second-order valence-corrected chi connectivity index (χ2v) is 5.34. The van der Waals surface area contributed by atoms with Gasteiger partial charge in [-0.05, 0) is 31.4 Å². The number of hydrogen-bond donors (Lipinski definition) is 1. The van der Waals surface area contributed by atoms with Crippen LogP contribution in [0.2, 0.25) is 0 Å². The lowest BCUT2D eigenvalue weighted by atomic mass is 10.1. The van der Waals surface area contributed by atoms with Crippen LogP contribution in [-0.2, 0) is 9.59 Å². The van der Waals surface area contributed by atoms with Gasteiger partial charge in [-0.3, -0.25) is 9.59 Å². The van der Waals surface area contributed by atoms with Crippen molar-refractivity contribution in [2.24, 2.45) is 0 Å². The van der Waals surface area contributed by atoms with Gasteiger partial charge in [0, 0.05) is 24.7 Å². The Kier molecular flexibility index (Phi) is 4.73. The zero-order valence-corrected chi connectivity index (χ0v) is 12.2. The molecule has 4 nitrogen and oxygen atoms in total. The van der Waals surface area contributed by atoms with Crippen molar-refractivity contribution in [1.29, 1.82) is 0 Å². The summed E-state index contributed by atoms with van der Waals surface area (Å²) in [6.45, 7) is 1.69. The summed E-state index contributed by atoms with van der Waals surface area (Å²) >= 11 is 0. The molecule has 1 fully saturated rings. The molecule has 1 N–H and O–H groups in total. The highest BCUT2D eigenvalue weighted by atomic mass is 19.1. The lowest BCUT2D eigenvalue weighted by Gasteiger charge is -2.15. The van der Waals surface area contributed by atoms with Gasteiger partial charge in [-0.1, -0.05) is 18.2 Å². The zero-order chi connectivity index (χ0) is 15.4. The highest BCUT2D eigenvalue weighted by Gasteiger charge is 2.24. The maximum Gasteiger partial charge on any atom is 0.247 e. The number of nitrogens with one attached hydrogen (secondary N) is 1. The van der Waals surface area contributed by atoms with Crippen LogP contribution in [0.3, 0.4) is 0 Å². The van der Waals surface area contributed by atoms with E-state index < -0.39 is 0 Å². The molecular weight excluding hydrogens is 271 g/mol. The van der Waals surface area contributed by atoms with Crippen LogP contribution in [0.25, 0.3) is 5.57 Å². The highest BCUT2D eigenvalue weighted by molar-refractivity contribution is 5.96. The predicted molar refractivity (Wildman–Crippen MR) is 78.9 cm³/mol. The SMILES string of the molecule is C/C(=C/C(=O)N(C)CC(=O)NC1CC1)c1ccccc1F. The normalized spacial score (nSPS) is 14.7. The van der Waals surface area contributed by atoms with Gasteiger partial charge >= 0.3 is 0 Å². The second kappa shape index (κ2) is 6.52. The summed E-state index contributed by atoms with van der Waals surface area (Å²) in [5.74, 6) is -0.847. The topological polar surface area (TPSA) is 49.4 Å². The van der Waals surface area contributed by atoms with Crippen molar-refractivity contribution < 1.29 is 14.0 Å². The lowest BCUT2D eigenvalue weighted by Crippen LogP contribution is -2.38. The van der Waals surface area contributed by atoms with Crippen molar-refractivity contribution in [3.8, 4) is 0 Å². The number of carbonyl (C=O) groups excluding carboxylic acids is 2. The van der Waals surface area contributed by atoms with Gasteiger partial charge in [-0.15, -0.1) is 0 Å². The fourth-order valence-electron chi connectivity index (χ4n) is 1.95. The molecular formula is C16H19FN2O2. The molecule has 1 saturated carbocycles. The fourth-order valence-corrected chi connectivity index (χ4v) is 1.95. The van der Waals surface area contributed by atoms with E-state index in [4.69, 9.17) is 0 Å². The molecule has 0 aromatic heterocycles. The Hall–Kier alpha value is -2.17. The number of allylic oxidation sites excluding steroid dienone is 1. The lowest BCUT2D eigenvalue weighted by molar-refractivity contribution is -0.131. The van der Waals surface area contributed by atoms with E-state index in [2.05, 4.69) is 5.32 Å². The summed E-state index contributed by atoms with van der Waals surface area (Å²) in [6, 6.07) is 6.56. The maximum absolute atomic E-state index is 13.6. The summed E-state index contributed by atoms with van der Waals surface area (Å²) in [7, 11) is 1.56. The van der Waals surface area contributed by atoms with Crippen molar-refractivity contribution in [1.82, 2.24) is 10.2 Å². The summed E-state index contributed by atoms with van der Waals surface area (Å²) in [6.07, 6.45) is 3.37. The number of likely N-dealkylation sites (N-methyl/N-ethyl adjacent to an activating group) is 1. The van der Waals surface area contributed by atoms with Crippen LogP contribution >= 0.6 is 0 Å². The first kappa shape index (κ1) is 15.2. The third-order valence-electron chi connectivity index (χ3n) is 3.34. The van der Waals surface area contributed by atoms with Gasteiger partial charge in [0.2, 0.25) is 11.8 Å². The Morgan fingerprint density at radius 3 is 2.67 bits per heavy atom. The number of amides is 2. The number of hydrogen-bond acceptors (Lipinski definition) is 2. The van der Waals surface area contributed by atoms with E-state index in [0.29, 0.717) is 11.1 Å². The molecule has 2 amide bonds. The highest BCUT2D eigenvalue weighted by Crippen LogP contribution is 2.19. The smallest absolute Gasteiger partial charge is 0.247 e. The largest absolute Gasteiger partial charge is 0.352 e. The monoisotopic (exact) mass is 290 g/mol. The molecule has 0 unspecified atom stereocenters. The van der Waals surface area contributed by atoms with Gasteiger partial charge in [0.15, 0.2) is 0 Å². The summed E-state index contributed by atoms with van der Waals surface area (Å²) < 4.78 is 13.6. The molecule has 0 heterocycles. The van der Waals surface area contributed by atoms with Gasteiger partial charge in [-0.2, -0.15) is 0 Å². The van der Waals surface area contributed by atoms with Crippen LogP contribution < -0.4 is 5.32 Å². The summed E-state index contributed by atoms with van der Waals surface area (Å²) in [4.78, 5) is 25.0. The molecule has 0 aliphatic heterocycles. The Morgan fingerprint density at radius 2 is 2.05 bits per heavy atom. The van der Waals surface area contributed by atoms with Crippen LogP contribution in [0.5, 0.6) is 0 Å². The molecule has 1 aliphatic carbocycles. The van der Waals surface area contributed by atoms with Gasteiger partial charge in [0.1, 0.15) is 5.82 Å². The van der Waals surface area contributed by atoms with Crippen LogP contribution in [-0.4, -0.2) is 36.3 Å². The maximum atomic E-state index is 13.6. The van der Waals surface area contributed by atoms with E-state index in [1.807, 2.05) is 0 Å². The average Bonchev–Trinajstić information content (AvgIpc) is 3.22. The third-order valence-corrected chi connectivity index (χ3v) is 3.34. The molecule has 1 aliphatic rings. The Labute approximate surface area is 123 Å². The molecule has 0 saturated heterocycles. The first-order valence-corrected chi connectivity index (χ1v) is 6.95. The molecule has 0 bridgehead atoms. The number of benzene rings is 1. The second-order valence-electron chi connectivity index (χ2n) is 5.34. The Morgan fingerprint density at radius 1 is 1.38 bits per heavy atom. The van der Waals surface area contributed by atoms with Crippen molar-refractivity contribution >= 4 is 17.4 Å². The van der Waals surface area contributed by atoms with E-state index in [1.165, 1.54) is 17.0 Å². The minimum absolute atomic E-state index is 0.0103. The molecule has 5 heteroatoms. The molecule has 1 aromatic carbocycles.